The van der Waals surface area contributed by atoms with Crippen molar-refractivity contribution in [1.82, 2.24) is 0 Å². The van der Waals surface area contributed by atoms with Gasteiger partial charge in [-0.25, -0.2) is 4.39 Å². The Morgan fingerprint density at radius 2 is 1.88 bits per heavy atom. The minimum absolute atomic E-state index is 0.269. The van der Waals surface area contributed by atoms with E-state index in [2.05, 4.69) is 6.58 Å². The average Bonchev–Trinajstić information content (AvgIpc) is 1.91. The third-order valence-corrected chi connectivity index (χ3v) is 0.471. The normalized spacial score (nSPS) is 9.25. The van der Waals surface area contributed by atoms with Crippen molar-refractivity contribution in [3.8, 4) is 0 Å². The second kappa shape index (κ2) is 9.65. The highest BCUT2D eigenvalue weighted by Crippen LogP contribution is 1.92. The van der Waals surface area contributed by atoms with Crippen LogP contribution in [-0.4, -0.2) is 0 Å². The molecule has 0 aliphatic rings. The summed E-state index contributed by atoms with van der Waals surface area (Å²) in [7, 11) is 0. The Morgan fingerprint density at radius 3 is 1.88 bits per heavy atom. The van der Waals surface area contributed by atoms with Crippen molar-refractivity contribution >= 4 is 0 Å². The van der Waals surface area contributed by atoms with E-state index in [0.717, 1.165) is 0 Å². The van der Waals surface area contributed by atoms with Gasteiger partial charge in [-0.2, -0.15) is 0 Å². The second-order valence-electron chi connectivity index (χ2n) is 0.878. The molecule has 0 saturated heterocycles. The SMILES string of the molecule is C=C/C(F)=C\C.CC. The first-order valence-corrected chi connectivity index (χ1v) is 2.75. The van der Waals surface area contributed by atoms with Gasteiger partial charge >= 0.3 is 0 Å². The fourth-order valence-corrected chi connectivity index (χ4v) is 0.118. The molecule has 0 aromatic rings. The molecule has 0 fully saturated rings. The lowest BCUT2D eigenvalue weighted by Crippen LogP contribution is -1.53. The van der Waals surface area contributed by atoms with E-state index in [-0.39, 0.29) is 5.83 Å². The third kappa shape index (κ3) is 9.05. The zero-order chi connectivity index (χ0) is 6.99. The number of hydrogen-bond acceptors (Lipinski definition) is 0. The first-order chi connectivity index (χ1) is 3.81. The van der Waals surface area contributed by atoms with E-state index < -0.39 is 0 Å². The van der Waals surface area contributed by atoms with Crippen molar-refractivity contribution in [3.63, 3.8) is 0 Å². The smallest absolute Gasteiger partial charge is 0.118 e. The van der Waals surface area contributed by atoms with Crippen molar-refractivity contribution in [2.45, 2.75) is 20.8 Å². The van der Waals surface area contributed by atoms with Gasteiger partial charge in [-0.3, -0.25) is 0 Å². The van der Waals surface area contributed by atoms with Crippen LogP contribution in [0.3, 0.4) is 0 Å². The van der Waals surface area contributed by atoms with E-state index in [0.29, 0.717) is 0 Å². The van der Waals surface area contributed by atoms with Gasteiger partial charge in [-0.15, -0.1) is 0 Å². The predicted molar refractivity (Wildman–Crippen MR) is 36.4 cm³/mol. The lowest BCUT2D eigenvalue weighted by molar-refractivity contribution is 0.665. The van der Waals surface area contributed by atoms with Crippen LogP contribution in [0.1, 0.15) is 20.8 Å². The van der Waals surface area contributed by atoms with Crippen molar-refractivity contribution in [2.75, 3.05) is 0 Å². The summed E-state index contributed by atoms with van der Waals surface area (Å²) < 4.78 is 11.6. The summed E-state index contributed by atoms with van der Waals surface area (Å²) in [6, 6.07) is 0. The molecule has 0 heterocycles. The Labute approximate surface area is 50.7 Å². The molecule has 0 radical (unpaired) electrons. The van der Waals surface area contributed by atoms with E-state index in [1.54, 1.807) is 6.92 Å². The maximum atomic E-state index is 11.6. The zero-order valence-electron chi connectivity index (χ0n) is 5.74. The van der Waals surface area contributed by atoms with Gasteiger partial charge in [0.2, 0.25) is 0 Å². The summed E-state index contributed by atoms with van der Waals surface area (Å²) >= 11 is 0. The van der Waals surface area contributed by atoms with E-state index in [4.69, 9.17) is 0 Å². The van der Waals surface area contributed by atoms with Crippen LogP contribution in [0.15, 0.2) is 24.6 Å². The summed E-state index contributed by atoms with van der Waals surface area (Å²) in [6.45, 7) is 8.81. The van der Waals surface area contributed by atoms with Crippen LogP contribution < -0.4 is 0 Å². The first kappa shape index (κ1) is 10.4. The quantitative estimate of drug-likeness (QED) is 0.462. The summed E-state index contributed by atoms with van der Waals surface area (Å²) in [5, 5.41) is 0. The van der Waals surface area contributed by atoms with Crippen LogP contribution in [0.2, 0.25) is 0 Å². The Balaban J connectivity index is 0. The molecule has 0 spiro atoms. The van der Waals surface area contributed by atoms with Gasteiger partial charge in [0.15, 0.2) is 0 Å². The van der Waals surface area contributed by atoms with Crippen LogP contribution in [0.4, 0.5) is 4.39 Å². The summed E-state index contributed by atoms with van der Waals surface area (Å²) in [4.78, 5) is 0. The molecular weight excluding hydrogens is 103 g/mol. The summed E-state index contributed by atoms with van der Waals surface area (Å²) in [5.74, 6) is -0.269. The Bertz CT molecular complexity index is 72.5. The number of hydrogen-bond donors (Lipinski definition) is 0. The fourth-order valence-electron chi connectivity index (χ4n) is 0.118. The predicted octanol–water partition coefficient (Wildman–Crippen LogP) is 3.07. The van der Waals surface area contributed by atoms with Gasteiger partial charge in [0.1, 0.15) is 5.83 Å². The minimum atomic E-state index is -0.269. The molecule has 0 aliphatic heterocycles. The van der Waals surface area contributed by atoms with Gasteiger partial charge in [0.05, 0.1) is 0 Å². The fraction of sp³-hybridized carbons (Fsp3) is 0.429. The highest BCUT2D eigenvalue weighted by Gasteiger charge is 1.73. The van der Waals surface area contributed by atoms with Gasteiger partial charge in [-0.05, 0) is 13.0 Å². The molecule has 0 aliphatic carbocycles. The van der Waals surface area contributed by atoms with Crippen molar-refractivity contribution < 1.29 is 4.39 Å². The monoisotopic (exact) mass is 116 g/mol. The number of rotatable bonds is 1. The van der Waals surface area contributed by atoms with Crippen molar-refractivity contribution in [3.05, 3.63) is 24.6 Å². The third-order valence-electron chi connectivity index (χ3n) is 0.471. The Hall–Kier alpha value is -0.590. The molecule has 0 saturated carbocycles. The van der Waals surface area contributed by atoms with Crippen LogP contribution >= 0.6 is 0 Å². The molecule has 0 aromatic carbocycles. The Morgan fingerprint density at radius 1 is 1.50 bits per heavy atom. The van der Waals surface area contributed by atoms with Crippen LogP contribution in [-0.2, 0) is 0 Å². The van der Waals surface area contributed by atoms with E-state index in [9.17, 15) is 4.39 Å². The lowest BCUT2D eigenvalue weighted by atomic mass is 10.5. The molecule has 48 valence electrons. The largest absolute Gasteiger partial charge is 0.207 e. The highest BCUT2D eigenvalue weighted by atomic mass is 19.1. The van der Waals surface area contributed by atoms with Gasteiger partial charge in [0, 0.05) is 0 Å². The zero-order valence-corrected chi connectivity index (χ0v) is 5.74. The topological polar surface area (TPSA) is 0 Å². The van der Waals surface area contributed by atoms with Gasteiger partial charge in [-0.1, -0.05) is 26.5 Å². The van der Waals surface area contributed by atoms with Gasteiger partial charge in [0.25, 0.3) is 0 Å². The molecule has 0 aromatic heterocycles. The molecule has 0 atom stereocenters. The minimum Gasteiger partial charge on any atom is -0.207 e. The maximum Gasteiger partial charge on any atom is 0.118 e. The van der Waals surface area contributed by atoms with E-state index >= 15 is 0 Å². The lowest BCUT2D eigenvalue weighted by Gasteiger charge is -1.72. The maximum absolute atomic E-state index is 11.6. The number of allylic oxidation sites excluding steroid dienone is 3. The molecule has 0 N–H and O–H groups in total. The van der Waals surface area contributed by atoms with Crippen LogP contribution in [0.25, 0.3) is 0 Å². The highest BCUT2D eigenvalue weighted by molar-refractivity contribution is 5.04. The molecule has 0 bridgehead atoms. The molecule has 1 heteroatoms. The molecular formula is C7H13F. The Kier molecular flexibility index (Phi) is 12.5. The molecule has 0 amide bonds. The van der Waals surface area contributed by atoms with E-state index in [1.807, 2.05) is 13.8 Å². The average molecular weight is 116 g/mol. The molecule has 8 heavy (non-hydrogen) atoms. The van der Waals surface area contributed by atoms with Crippen LogP contribution in [0.5, 0.6) is 0 Å². The van der Waals surface area contributed by atoms with Gasteiger partial charge < -0.3 is 0 Å². The summed E-state index contributed by atoms with van der Waals surface area (Å²) in [5.41, 5.74) is 0. The van der Waals surface area contributed by atoms with Crippen LogP contribution in [0, 0.1) is 0 Å². The first-order valence-electron chi connectivity index (χ1n) is 2.75. The molecule has 0 unspecified atom stereocenters. The van der Waals surface area contributed by atoms with Crippen molar-refractivity contribution in [1.29, 1.82) is 0 Å². The molecule has 0 nitrogen and oxygen atoms in total. The number of halogens is 1. The van der Waals surface area contributed by atoms with Crippen molar-refractivity contribution in [2.24, 2.45) is 0 Å². The standard InChI is InChI=1S/C5H7F.C2H6/c1-3-5(6)4-2;1-2/h3-4H,1H2,2H3;1-2H3/b5-4+;. The second-order valence-corrected chi connectivity index (χ2v) is 0.878. The molecule has 0 rings (SSSR count). The van der Waals surface area contributed by atoms with E-state index in [1.165, 1.54) is 12.2 Å². The summed E-state index contributed by atoms with van der Waals surface area (Å²) in [6.07, 6.45) is 2.52.